The topological polar surface area (TPSA) is 56.7 Å². The number of hydrogen-bond donors (Lipinski definition) is 1. The number of thiazole rings is 1. The van der Waals surface area contributed by atoms with Gasteiger partial charge in [-0.05, 0) is 0 Å². The van der Waals surface area contributed by atoms with Crippen LogP contribution in [0.25, 0.3) is 10.4 Å². The molecule has 0 aromatic carbocycles. The lowest BCUT2D eigenvalue weighted by Crippen LogP contribution is -1.87. The normalized spacial score (nSPS) is 10.6. The largest absolute Gasteiger partial charge is 0.375 e. The van der Waals surface area contributed by atoms with Gasteiger partial charge in [0.1, 0.15) is 5.15 Å². The van der Waals surface area contributed by atoms with Gasteiger partial charge in [-0.15, -0.1) is 0 Å². The fourth-order valence-corrected chi connectivity index (χ4v) is 1.95. The molecular weight excluding hydrogens is 208 g/mol. The Morgan fingerprint density at radius 2 is 2.31 bits per heavy atom. The van der Waals surface area contributed by atoms with E-state index in [2.05, 4.69) is 10.1 Å². The molecule has 0 amide bonds. The summed E-state index contributed by atoms with van der Waals surface area (Å²) in [6.45, 7) is 0. The number of aryl methyl sites for hydroxylation is 1. The predicted molar refractivity (Wildman–Crippen MR) is 53.7 cm³/mol. The number of rotatable bonds is 1. The molecule has 2 N–H and O–H groups in total. The molecule has 0 fully saturated rings. The number of anilines is 1. The van der Waals surface area contributed by atoms with Crippen LogP contribution in [0.3, 0.4) is 0 Å². The fourth-order valence-electron chi connectivity index (χ4n) is 1.00. The zero-order valence-electron chi connectivity index (χ0n) is 6.86. The van der Waals surface area contributed by atoms with Crippen molar-refractivity contribution >= 4 is 28.1 Å². The molecule has 2 heterocycles. The molecule has 4 nitrogen and oxygen atoms in total. The molecule has 6 heteroatoms. The number of aromatic nitrogens is 3. The van der Waals surface area contributed by atoms with Gasteiger partial charge >= 0.3 is 0 Å². The van der Waals surface area contributed by atoms with Crippen LogP contribution in [0, 0.1) is 0 Å². The second kappa shape index (κ2) is 3.01. The molecule has 2 aromatic rings. The predicted octanol–water partition coefficient (Wildman–Crippen LogP) is 1.78. The highest BCUT2D eigenvalue weighted by molar-refractivity contribution is 7.18. The summed E-state index contributed by atoms with van der Waals surface area (Å²) in [6, 6.07) is 0. The summed E-state index contributed by atoms with van der Waals surface area (Å²) in [5.41, 5.74) is 6.38. The molecule has 13 heavy (non-hydrogen) atoms. The maximum Gasteiger partial charge on any atom is 0.180 e. The lowest BCUT2D eigenvalue weighted by atomic mass is 10.3. The molecule has 0 aliphatic carbocycles. The summed E-state index contributed by atoms with van der Waals surface area (Å²) in [5, 5.41) is 5.16. The average Bonchev–Trinajstić information content (AvgIpc) is 2.62. The van der Waals surface area contributed by atoms with E-state index in [0.29, 0.717) is 10.3 Å². The maximum atomic E-state index is 5.99. The minimum absolute atomic E-state index is 0.537. The minimum atomic E-state index is 0.537. The van der Waals surface area contributed by atoms with Crippen molar-refractivity contribution in [3.05, 3.63) is 17.5 Å². The molecule has 0 atom stereocenters. The monoisotopic (exact) mass is 214 g/mol. The molecule has 2 rings (SSSR count). The minimum Gasteiger partial charge on any atom is -0.375 e. The van der Waals surface area contributed by atoms with Crippen LogP contribution in [0.15, 0.2) is 12.4 Å². The van der Waals surface area contributed by atoms with E-state index in [-0.39, 0.29) is 0 Å². The SMILES string of the molecule is Cn1ncc(-c2cnc(N)s2)c1Cl. The Morgan fingerprint density at radius 3 is 2.77 bits per heavy atom. The van der Waals surface area contributed by atoms with Crippen LogP contribution in [0.1, 0.15) is 0 Å². The van der Waals surface area contributed by atoms with Crippen molar-refractivity contribution in [1.82, 2.24) is 14.8 Å². The average molecular weight is 215 g/mol. The van der Waals surface area contributed by atoms with Crippen LogP contribution in [0.2, 0.25) is 5.15 Å². The molecular formula is C7H7ClN4S. The van der Waals surface area contributed by atoms with Gasteiger partial charge in [-0.3, -0.25) is 4.68 Å². The first-order valence-electron chi connectivity index (χ1n) is 3.57. The van der Waals surface area contributed by atoms with Crippen molar-refractivity contribution in [2.24, 2.45) is 7.05 Å². The molecule has 0 radical (unpaired) electrons. The Hall–Kier alpha value is -1.07. The van der Waals surface area contributed by atoms with Gasteiger partial charge in [0, 0.05) is 13.2 Å². The quantitative estimate of drug-likeness (QED) is 0.787. The Balaban J connectivity index is 2.52. The van der Waals surface area contributed by atoms with Crippen molar-refractivity contribution in [1.29, 1.82) is 0 Å². The molecule has 0 aliphatic rings. The third-order valence-corrected chi connectivity index (χ3v) is 2.96. The van der Waals surface area contributed by atoms with Gasteiger partial charge in [0.15, 0.2) is 5.13 Å². The smallest absolute Gasteiger partial charge is 0.180 e. The van der Waals surface area contributed by atoms with Gasteiger partial charge in [-0.2, -0.15) is 5.10 Å². The summed E-state index contributed by atoms with van der Waals surface area (Å²) in [5.74, 6) is 0. The molecule has 0 bridgehead atoms. The van der Waals surface area contributed by atoms with E-state index in [1.54, 1.807) is 24.1 Å². The van der Waals surface area contributed by atoms with Gasteiger partial charge in [-0.25, -0.2) is 4.98 Å². The molecule has 0 unspecified atom stereocenters. The molecule has 0 saturated carbocycles. The van der Waals surface area contributed by atoms with Gasteiger partial charge in [-0.1, -0.05) is 22.9 Å². The highest BCUT2D eigenvalue weighted by atomic mass is 35.5. The van der Waals surface area contributed by atoms with E-state index < -0.39 is 0 Å². The van der Waals surface area contributed by atoms with Crippen LogP contribution in [-0.2, 0) is 7.05 Å². The summed E-state index contributed by atoms with van der Waals surface area (Å²) in [4.78, 5) is 4.88. The van der Waals surface area contributed by atoms with Crippen molar-refractivity contribution in [2.75, 3.05) is 5.73 Å². The van der Waals surface area contributed by atoms with Crippen molar-refractivity contribution in [3.63, 3.8) is 0 Å². The molecule has 0 aliphatic heterocycles. The number of halogens is 1. The Morgan fingerprint density at radius 1 is 1.54 bits per heavy atom. The zero-order chi connectivity index (χ0) is 9.42. The van der Waals surface area contributed by atoms with Crippen LogP contribution < -0.4 is 5.73 Å². The summed E-state index contributed by atoms with van der Waals surface area (Å²) in [6.07, 6.45) is 3.40. The van der Waals surface area contributed by atoms with E-state index in [0.717, 1.165) is 10.4 Å². The first-order valence-corrected chi connectivity index (χ1v) is 4.77. The first-order chi connectivity index (χ1) is 6.18. The molecule has 0 spiro atoms. The third-order valence-electron chi connectivity index (χ3n) is 1.66. The van der Waals surface area contributed by atoms with Gasteiger partial charge < -0.3 is 5.73 Å². The summed E-state index contributed by atoms with van der Waals surface area (Å²) < 4.78 is 1.60. The molecule has 0 saturated heterocycles. The molecule has 2 aromatic heterocycles. The fraction of sp³-hybridized carbons (Fsp3) is 0.143. The summed E-state index contributed by atoms with van der Waals surface area (Å²) in [7, 11) is 1.79. The highest BCUT2D eigenvalue weighted by Crippen LogP contribution is 2.32. The van der Waals surface area contributed by atoms with E-state index in [1.165, 1.54) is 11.3 Å². The van der Waals surface area contributed by atoms with Crippen LogP contribution >= 0.6 is 22.9 Å². The first kappa shape index (κ1) is 8.52. The second-order valence-electron chi connectivity index (χ2n) is 2.54. The standard InChI is InChI=1S/C7H7ClN4S/c1-12-6(8)4(2-11-12)5-3-10-7(9)13-5/h2-3H,1H3,(H2,9,10). The number of hydrogen-bond acceptors (Lipinski definition) is 4. The van der Waals surface area contributed by atoms with Crippen LogP contribution in [-0.4, -0.2) is 14.8 Å². The Bertz CT molecular complexity index is 433. The van der Waals surface area contributed by atoms with E-state index >= 15 is 0 Å². The van der Waals surface area contributed by atoms with E-state index in [1.807, 2.05) is 0 Å². The molecule has 68 valence electrons. The lowest BCUT2D eigenvalue weighted by Gasteiger charge is -1.92. The summed E-state index contributed by atoms with van der Waals surface area (Å²) >= 11 is 7.39. The number of nitrogens with two attached hydrogens (primary N) is 1. The van der Waals surface area contributed by atoms with Crippen molar-refractivity contribution in [2.45, 2.75) is 0 Å². The Kier molecular flexibility index (Phi) is 1.97. The van der Waals surface area contributed by atoms with Gasteiger partial charge in [0.05, 0.1) is 16.6 Å². The van der Waals surface area contributed by atoms with Crippen LogP contribution in [0.5, 0.6) is 0 Å². The number of nitrogens with zero attached hydrogens (tertiary/aromatic N) is 3. The third kappa shape index (κ3) is 1.40. The van der Waals surface area contributed by atoms with E-state index in [9.17, 15) is 0 Å². The number of nitrogen functional groups attached to an aromatic ring is 1. The second-order valence-corrected chi connectivity index (χ2v) is 3.96. The Labute approximate surface area is 84.0 Å². The van der Waals surface area contributed by atoms with Crippen LogP contribution in [0.4, 0.5) is 5.13 Å². The van der Waals surface area contributed by atoms with Gasteiger partial charge in [0.25, 0.3) is 0 Å². The zero-order valence-corrected chi connectivity index (χ0v) is 8.43. The lowest BCUT2D eigenvalue weighted by molar-refractivity contribution is 0.769. The van der Waals surface area contributed by atoms with Crippen molar-refractivity contribution in [3.8, 4) is 10.4 Å². The van der Waals surface area contributed by atoms with E-state index in [4.69, 9.17) is 17.3 Å². The van der Waals surface area contributed by atoms with Gasteiger partial charge in [0.2, 0.25) is 0 Å². The highest BCUT2D eigenvalue weighted by Gasteiger charge is 2.10. The maximum absolute atomic E-state index is 5.99. The van der Waals surface area contributed by atoms with Crippen molar-refractivity contribution < 1.29 is 0 Å².